The minimum atomic E-state index is 0.287. The van der Waals surface area contributed by atoms with Crippen LogP contribution < -0.4 is 5.32 Å². The molecule has 3 fully saturated rings. The average molecular weight is 278 g/mol. The number of nitrogens with one attached hydrogen (secondary N) is 1. The molecule has 0 aromatic heterocycles. The summed E-state index contributed by atoms with van der Waals surface area (Å²) in [5.41, 5.74) is 0. The number of carbonyl (C=O) groups excluding carboxylic acids is 1. The fourth-order valence-corrected chi connectivity index (χ4v) is 4.04. The molecule has 0 aromatic carbocycles. The molecule has 3 aliphatic rings. The normalized spacial score (nSPS) is 32.0. The molecule has 0 radical (unpaired) electrons. The van der Waals surface area contributed by atoms with Crippen LogP contribution in [0.2, 0.25) is 0 Å². The van der Waals surface area contributed by atoms with Gasteiger partial charge >= 0.3 is 0 Å². The zero-order valence-corrected chi connectivity index (χ0v) is 12.9. The van der Waals surface area contributed by atoms with E-state index in [1.165, 1.54) is 44.9 Å². The zero-order valence-electron chi connectivity index (χ0n) is 12.9. The predicted molar refractivity (Wildman–Crippen MR) is 81.5 cm³/mol. The van der Waals surface area contributed by atoms with E-state index >= 15 is 0 Å². The lowest BCUT2D eigenvalue weighted by molar-refractivity contribution is -0.138. The van der Waals surface area contributed by atoms with Crippen LogP contribution >= 0.6 is 0 Å². The Morgan fingerprint density at radius 3 is 2.50 bits per heavy atom. The van der Waals surface area contributed by atoms with Crippen molar-refractivity contribution in [2.75, 3.05) is 13.1 Å². The van der Waals surface area contributed by atoms with Crippen molar-refractivity contribution in [2.24, 2.45) is 11.8 Å². The summed E-state index contributed by atoms with van der Waals surface area (Å²) in [7, 11) is 0. The first-order chi connectivity index (χ1) is 9.74. The van der Waals surface area contributed by atoms with Gasteiger partial charge in [0.05, 0.1) is 0 Å². The summed E-state index contributed by atoms with van der Waals surface area (Å²) in [6.07, 6.45) is 11.4. The molecule has 2 saturated carbocycles. The van der Waals surface area contributed by atoms with Crippen LogP contribution in [-0.2, 0) is 4.79 Å². The second-order valence-corrected chi connectivity index (χ2v) is 7.30. The third-order valence-corrected chi connectivity index (χ3v) is 5.42. The molecule has 1 N–H and O–H groups in total. The summed E-state index contributed by atoms with van der Waals surface area (Å²) in [5, 5.41) is 3.46. The number of rotatable bonds is 4. The van der Waals surface area contributed by atoms with Gasteiger partial charge in [0, 0.05) is 24.5 Å². The van der Waals surface area contributed by atoms with Crippen LogP contribution in [-0.4, -0.2) is 36.0 Å². The summed E-state index contributed by atoms with van der Waals surface area (Å²) in [4.78, 5) is 15.2. The van der Waals surface area contributed by atoms with Gasteiger partial charge in [0.1, 0.15) is 0 Å². The lowest BCUT2D eigenvalue weighted by Gasteiger charge is -2.35. The number of amides is 1. The van der Waals surface area contributed by atoms with Gasteiger partial charge in [-0.2, -0.15) is 0 Å². The minimum Gasteiger partial charge on any atom is -0.339 e. The molecule has 2 aliphatic carbocycles. The van der Waals surface area contributed by atoms with Crippen molar-refractivity contribution in [3.05, 3.63) is 0 Å². The van der Waals surface area contributed by atoms with E-state index in [9.17, 15) is 4.79 Å². The summed E-state index contributed by atoms with van der Waals surface area (Å²) >= 11 is 0. The molecule has 3 rings (SSSR count). The Morgan fingerprint density at radius 1 is 1.10 bits per heavy atom. The maximum atomic E-state index is 12.9. The molecule has 0 unspecified atom stereocenters. The second kappa shape index (κ2) is 6.46. The first-order valence-electron chi connectivity index (χ1n) is 8.78. The molecule has 0 aromatic rings. The van der Waals surface area contributed by atoms with Gasteiger partial charge in [-0.15, -0.1) is 0 Å². The van der Waals surface area contributed by atoms with Gasteiger partial charge in [0.25, 0.3) is 0 Å². The number of hydrogen-bond donors (Lipinski definition) is 1. The van der Waals surface area contributed by atoms with E-state index in [0.29, 0.717) is 18.0 Å². The Labute approximate surface area is 123 Å². The standard InChI is InChI=1S/C17H30N2O/c1-13-11-15(9-10-18-13)17(20)19(16-7-8-16)12-14-5-3-2-4-6-14/h13-16,18H,2-12H2,1H3/t13-,15-/m0/s1. The van der Waals surface area contributed by atoms with E-state index in [0.717, 1.165) is 31.8 Å². The fourth-order valence-electron chi connectivity index (χ4n) is 4.04. The van der Waals surface area contributed by atoms with E-state index in [2.05, 4.69) is 17.1 Å². The Hall–Kier alpha value is -0.570. The molecule has 2 atom stereocenters. The van der Waals surface area contributed by atoms with Crippen molar-refractivity contribution in [1.82, 2.24) is 10.2 Å². The quantitative estimate of drug-likeness (QED) is 0.857. The highest BCUT2D eigenvalue weighted by molar-refractivity contribution is 5.79. The fraction of sp³-hybridized carbons (Fsp3) is 0.941. The van der Waals surface area contributed by atoms with E-state index in [-0.39, 0.29) is 5.92 Å². The van der Waals surface area contributed by atoms with Gasteiger partial charge in [-0.05, 0) is 57.9 Å². The molecule has 20 heavy (non-hydrogen) atoms. The van der Waals surface area contributed by atoms with Gasteiger partial charge in [-0.25, -0.2) is 0 Å². The topological polar surface area (TPSA) is 32.3 Å². The minimum absolute atomic E-state index is 0.287. The maximum Gasteiger partial charge on any atom is 0.226 e. The van der Waals surface area contributed by atoms with Crippen LogP contribution in [0, 0.1) is 11.8 Å². The third kappa shape index (κ3) is 3.55. The van der Waals surface area contributed by atoms with Gasteiger partial charge < -0.3 is 10.2 Å². The maximum absolute atomic E-state index is 12.9. The van der Waals surface area contributed by atoms with Crippen LogP contribution in [0.15, 0.2) is 0 Å². The van der Waals surface area contributed by atoms with E-state index < -0.39 is 0 Å². The number of piperidine rings is 1. The molecule has 1 saturated heterocycles. The molecule has 114 valence electrons. The van der Waals surface area contributed by atoms with Gasteiger partial charge in [0.2, 0.25) is 5.91 Å². The molecular weight excluding hydrogens is 248 g/mol. The van der Waals surface area contributed by atoms with Gasteiger partial charge in [0.15, 0.2) is 0 Å². The van der Waals surface area contributed by atoms with Crippen LogP contribution in [0.1, 0.15) is 64.7 Å². The SMILES string of the molecule is C[C@H]1C[C@@H](C(=O)N(CC2CCCCC2)C2CC2)CCN1. The lowest BCUT2D eigenvalue weighted by Crippen LogP contribution is -2.46. The van der Waals surface area contributed by atoms with E-state index in [1.807, 2.05) is 0 Å². The molecule has 0 bridgehead atoms. The molecule has 3 heteroatoms. The molecule has 0 spiro atoms. The van der Waals surface area contributed by atoms with Gasteiger partial charge in [-0.1, -0.05) is 19.3 Å². The highest BCUT2D eigenvalue weighted by Crippen LogP contribution is 2.33. The Balaban J connectivity index is 1.59. The first kappa shape index (κ1) is 14.4. The summed E-state index contributed by atoms with van der Waals surface area (Å²) in [5.74, 6) is 1.55. The molecule has 1 heterocycles. The highest BCUT2D eigenvalue weighted by Gasteiger charge is 2.38. The second-order valence-electron chi connectivity index (χ2n) is 7.30. The Morgan fingerprint density at radius 2 is 1.85 bits per heavy atom. The summed E-state index contributed by atoms with van der Waals surface area (Å²) in [6, 6.07) is 1.10. The van der Waals surface area contributed by atoms with Crippen LogP contribution in [0.4, 0.5) is 0 Å². The first-order valence-corrected chi connectivity index (χ1v) is 8.78. The van der Waals surface area contributed by atoms with Crippen molar-refractivity contribution < 1.29 is 4.79 Å². The van der Waals surface area contributed by atoms with Gasteiger partial charge in [-0.3, -0.25) is 4.79 Å². The highest BCUT2D eigenvalue weighted by atomic mass is 16.2. The largest absolute Gasteiger partial charge is 0.339 e. The van der Waals surface area contributed by atoms with Crippen molar-refractivity contribution in [3.8, 4) is 0 Å². The molecule has 1 aliphatic heterocycles. The average Bonchev–Trinajstić information content (AvgIpc) is 3.30. The van der Waals surface area contributed by atoms with Crippen molar-refractivity contribution in [2.45, 2.75) is 76.8 Å². The Kier molecular flexibility index (Phi) is 4.65. The molecular formula is C17H30N2O. The summed E-state index contributed by atoms with van der Waals surface area (Å²) < 4.78 is 0. The monoisotopic (exact) mass is 278 g/mol. The van der Waals surface area contributed by atoms with E-state index in [4.69, 9.17) is 0 Å². The summed E-state index contributed by atoms with van der Waals surface area (Å²) in [6.45, 7) is 4.28. The van der Waals surface area contributed by atoms with Crippen molar-refractivity contribution >= 4 is 5.91 Å². The number of carbonyl (C=O) groups is 1. The smallest absolute Gasteiger partial charge is 0.226 e. The van der Waals surface area contributed by atoms with E-state index in [1.54, 1.807) is 0 Å². The van der Waals surface area contributed by atoms with Crippen LogP contribution in [0.5, 0.6) is 0 Å². The van der Waals surface area contributed by atoms with Crippen LogP contribution in [0.25, 0.3) is 0 Å². The molecule has 1 amide bonds. The number of hydrogen-bond acceptors (Lipinski definition) is 2. The predicted octanol–water partition coefficient (Wildman–Crippen LogP) is 2.95. The Bertz CT molecular complexity index is 334. The number of nitrogens with zero attached hydrogens (tertiary/aromatic N) is 1. The van der Waals surface area contributed by atoms with Crippen molar-refractivity contribution in [1.29, 1.82) is 0 Å². The third-order valence-electron chi connectivity index (χ3n) is 5.42. The van der Waals surface area contributed by atoms with Crippen LogP contribution in [0.3, 0.4) is 0 Å². The molecule has 3 nitrogen and oxygen atoms in total. The zero-order chi connectivity index (χ0) is 13.9. The lowest BCUT2D eigenvalue weighted by atomic mass is 9.87. The van der Waals surface area contributed by atoms with Crippen molar-refractivity contribution in [3.63, 3.8) is 0 Å².